The van der Waals surface area contributed by atoms with Crippen molar-refractivity contribution in [2.24, 2.45) is 0 Å². The van der Waals surface area contributed by atoms with E-state index in [-0.39, 0.29) is 11.9 Å². The van der Waals surface area contributed by atoms with Crippen molar-refractivity contribution in [3.63, 3.8) is 0 Å². The first-order valence-electron chi connectivity index (χ1n) is 7.78. The molecular weight excluding hydrogens is 312 g/mol. The highest BCUT2D eigenvalue weighted by molar-refractivity contribution is 6.30. The third-order valence-electron chi connectivity index (χ3n) is 4.05. The molecule has 4 nitrogen and oxygen atoms in total. The summed E-state index contributed by atoms with van der Waals surface area (Å²) in [5.41, 5.74) is 1.78. The van der Waals surface area contributed by atoms with E-state index >= 15 is 0 Å². The number of hydrogen-bond acceptors (Lipinski definition) is 2. The Balaban J connectivity index is 1.82. The zero-order chi connectivity index (χ0) is 16.1. The van der Waals surface area contributed by atoms with Crippen LogP contribution < -0.4 is 10.2 Å². The summed E-state index contributed by atoms with van der Waals surface area (Å²) < 4.78 is 5.43. The van der Waals surface area contributed by atoms with Crippen molar-refractivity contribution in [3.05, 3.63) is 65.2 Å². The second-order valence-electron chi connectivity index (χ2n) is 5.61. The molecule has 1 aliphatic heterocycles. The van der Waals surface area contributed by atoms with Crippen LogP contribution in [0.5, 0.6) is 0 Å². The largest absolute Gasteiger partial charge is 0.370 e. The zero-order valence-corrected chi connectivity index (χ0v) is 13.6. The van der Waals surface area contributed by atoms with Gasteiger partial charge in [-0.05, 0) is 24.3 Å². The number of rotatable bonds is 4. The monoisotopic (exact) mass is 331 g/mol. The third-order valence-corrected chi connectivity index (χ3v) is 4.30. The molecule has 1 amide bonds. The average Bonchev–Trinajstić information content (AvgIpc) is 2.59. The van der Waals surface area contributed by atoms with Gasteiger partial charge >= 0.3 is 0 Å². The fourth-order valence-electron chi connectivity index (χ4n) is 2.89. The number of nitrogens with one attached hydrogen (secondary N) is 2. The molecule has 2 aromatic rings. The predicted octanol–water partition coefficient (Wildman–Crippen LogP) is 1.93. The Morgan fingerprint density at radius 2 is 1.70 bits per heavy atom. The van der Waals surface area contributed by atoms with Crippen molar-refractivity contribution in [3.8, 4) is 0 Å². The van der Waals surface area contributed by atoms with E-state index in [0.717, 1.165) is 24.3 Å². The van der Waals surface area contributed by atoms with Crippen LogP contribution in [0.1, 0.15) is 11.6 Å². The highest BCUT2D eigenvalue weighted by atomic mass is 35.5. The van der Waals surface area contributed by atoms with Crippen LogP contribution >= 0.6 is 11.6 Å². The molecule has 0 bridgehead atoms. The van der Waals surface area contributed by atoms with Crippen LogP contribution in [0, 0.1) is 0 Å². The lowest BCUT2D eigenvalue weighted by Gasteiger charge is -2.30. The van der Waals surface area contributed by atoms with Gasteiger partial charge in [0.1, 0.15) is 13.1 Å². The summed E-state index contributed by atoms with van der Waals surface area (Å²) in [6, 6.07) is 16.9. The Bertz CT molecular complexity index is 640. The molecule has 3 rings (SSSR count). The first-order chi connectivity index (χ1) is 11.2. The van der Waals surface area contributed by atoms with Gasteiger partial charge in [-0.3, -0.25) is 4.79 Å². The summed E-state index contributed by atoms with van der Waals surface area (Å²) in [6.07, 6.45) is 0. The van der Waals surface area contributed by atoms with Crippen LogP contribution in [0.3, 0.4) is 0 Å². The van der Waals surface area contributed by atoms with Crippen LogP contribution in [0.4, 0.5) is 5.69 Å². The van der Waals surface area contributed by atoms with Crippen LogP contribution in [-0.2, 0) is 9.53 Å². The standard InChI is InChI=1S/C18H19ClN2O2/c19-15-6-8-16(9-7-15)20-18(22)17(14-4-2-1-3-5-14)21-10-12-23-13-11-21/h1-9,17H,10-13H2,(H,20,22)/p+1/t17-/m1/s1. The lowest BCUT2D eigenvalue weighted by Crippen LogP contribution is -3.15. The van der Waals surface area contributed by atoms with Gasteiger partial charge in [0, 0.05) is 16.3 Å². The SMILES string of the molecule is O=C(Nc1ccc(Cl)cc1)[C@@H](c1ccccc1)[NH+]1CCOCC1. The van der Waals surface area contributed by atoms with Crippen molar-refractivity contribution >= 4 is 23.2 Å². The molecule has 1 saturated heterocycles. The topological polar surface area (TPSA) is 42.8 Å². The second-order valence-corrected chi connectivity index (χ2v) is 6.05. The van der Waals surface area contributed by atoms with Crippen molar-refractivity contribution in [1.82, 2.24) is 0 Å². The van der Waals surface area contributed by atoms with Gasteiger partial charge in [0.25, 0.3) is 5.91 Å². The number of morpholine rings is 1. The zero-order valence-electron chi connectivity index (χ0n) is 12.8. The number of anilines is 1. The molecule has 0 spiro atoms. The molecule has 2 N–H and O–H groups in total. The molecule has 1 atom stereocenters. The Morgan fingerprint density at radius 1 is 1.04 bits per heavy atom. The van der Waals surface area contributed by atoms with E-state index in [2.05, 4.69) is 5.32 Å². The Hall–Kier alpha value is -1.88. The minimum absolute atomic E-state index is 0.00424. The molecule has 1 heterocycles. The molecule has 1 fully saturated rings. The minimum Gasteiger partial charge on any atom is -0.370 e. The number of hydrogen-bond donors (Lipinski definition) is 2. The van der Waals surface area contributed by atoms with E-state index in [0.29, 0.717) is 18.2 Å². The van der Waals surface area contributed by atoms with Gasteiger partial charge in [0.05, 0.1) is 13.2 Å². The summed E-state index contributed by atoms with van der Waals surface area (Å²) in [6.45, 7) is 3.03. The smallest absolute Gasteiger partial charge is 0.287 e. The third kappa shape index (κ3) is 4.10. The van der Waals surface area contributed by atoms with Crippen LogP contribution in [0.25, 0.3) is 0 Å². The second kappa shape index (κ2) is 7.59. The van der Waals surface area contributed by atoms with Crippen molar-refractivity contribution < 1.29 is 14.4 Å². The van der Waals surface area contributed by atoms with E-state index in [1.165, 1.54) is 4.90 Å². The van der Waals surface area contributed by atoms with E-state index < -0.39 is 0 Å². The summed E-state index contributed by atoms with van der Waals surface area (Å²) in [5.74, 6) is -0.00424. The van der Waals surface area contributed by atoms with E-state index in [9.17, 15) is 4.79 Å². The molecule has 0 aromatic heterocycles. The molecule has 0 radical (unpaired) electrons. The molecule has 120 valence electrons. The van der Waals surface area contributed by atoms with Crippen molar-refractivity contribution in [2.45, 2.75) is 6.04 Å². The molecule has 1 aliphatic rings. The Kier molecular flexibility index (Phi) is 5.28. The first kappa shape index (κ1) is 16.0. The summed E-state index contributed by atoms with van der Waals surface area (Å²) in [7, 11) is 0. The predicted molar refractivity (Wildman–Crippen MR) is 90.8 cm³/mol. The number of benzene rings is 2. The van der Waals surface area contributed by atoms with E-state index in [1.807, 2.05) is 42.5 Å². The average molecular weight is 332 g/mol. The summed E-state index contributed by atoms with van der Waals surface area (Å²) in [4.78, 5) is 14.1. The van der Waals surface area contributed by atoms with Crippen LogP contribution in [-0.4, -0.2) is 32.2 Å². The summed E-state index contributed by atoms with van der Waals surface area (Å²) in [5, 5.41) is 3.66. The van der Waals surface area contributed by atoms with Crippen molar-refractivity contribution in [1.29, 1.82) is 0 Å². The van der Waals surface area contributed by atoms with E-state index in [4.69, 9.17) is 16.3 Å². The Labute approximate surface area is 141 Å². The number of ether oxygens (including phenoxy) is 1. The fourth-order valence-corrected chi connectivity index (χ4v) is 3.01. The van der Waals surface area contributed by atoms with Crippen molar-refractivity contribution in [2.75, 3.05) is 31.6 Å². The van der Waals surface area contributed by atoms with E-state index in [1.54, 1.807) is 12.1 Å². The van der Waals surface area contributed by atoms with Gasteiger partial charge < -0.3 is 15.0 Å². The lowest BCUT2D eigenvalue weighted by molar-refractivity contribution is -0.929. The minimum atomic E-state index is -0.240. The molecule has 0 aliphatic carbocycles. The number of quaternary nitrogens is 1. The molecule has 2 aromatic carbocycles. The van der Waals surface area contributed by atoms with Gasteiger partial charge in [-0.15, -0.1) is 0 Å². The maximum absolute atomic E-state index is 12.9. The molecule has 0 unspecified atom stereocenters. The molecule has 0 saturated carbocycles. The highest BCUT2D eigenvalue weighted by Crippen LogP contribution is 2.16. The van der Waals surface area contributed by atoms with Gasteiger partial charge in [-0.25, -0.2) is 0 Å². The molecule has 23 heavy (non-hydrogen) atoms. The Morgan fingerprint density at radius 3 is 2.35 bits per heavy atom. The first-order valence-corrected chi connectivity index (χ1v) is 8.15. The van der Waals surface area contributed by atoms with Gasteiger partial charge in [0.2, 0.25) is 0 Å². The summed E-state index contributed by atoms with van der Waals surface area (Å²) >= 11 is 5.90. The number of halogens is 1. The van der Waals surface area contributed by atoms with Crippen LogP contribution in [0.2, 0.25) is 5.02 Å². The van der Waals surface area contributed by atoms with Gasteiger partial charge in [0.15, 0.2) is 6.04 Å². The van der Waals surface area contributed by atoms with Gasteiger partial charge in [-0.1, -0.05) is 41.9 Å². The maximum atomic E-state index is 12.9. The molecule has 5 heteroatoms. The van der Waals surface area contributed by atoms with Gasteiger partial charge in [-0.2, -0.15) is 0 Å². The number of amides is 1. The van der Waals surface area contributed by atoms with Crippen LogP contribution in [0.15, 0.2) is 54.6 Å². The number of carbonyl (C=O) groups excluding carboxylic acids is 1. The number of carbonyl (C=O) groups is 1. The normalized spacial score (nSPS) is 16.7. The maximum Gasteiger partial charge on any atom is 0.287 e. The lowest BCUT2D eigenvalue weighted by atomic mass is 10.0. The fraction of sp³-hybridized carbons (Fsp3) is 0.278. The molecular formula is C18H20ClN2O2+. The highest BCUT2D eigenvalue weighted by Gasteiger charge is 2.32. The quantitative estimate of drug-likeness (QED) is 0.899.